The third-order valence-corrected chi connectivity index (χ3v) is 7.62. The van der Waals surface area contributed by atoms with Crippen molar-refractivity contribution in [2.24, 2.45) is 22.7 Å². The third kappa shape index (κ3) is 5.87. The number of aromatic hydroxyl groups is 2. The first-order valence-corrected chi connectivity index (χ1v) is 11.3. The van der Waals surface area contributed by atoms with Gasteiger partial charge in [0, 0.05) is 17.7 Å². The van der Waals surface area contributed by atoms with Gasteiger partial charge < -0.3 is 10.2 Å². The van der Waals surface area contributed by atoms with Crippen LogP contribution in [-0.2, 0) is 6.54 Å². The number of hydrogen-bond acceptors (Lipinski definition) is 3. The van der Waals surface area contributed by atoms with E-state index in [0.29, 0.717) is 23.3 Å². The number of carbonyl (C=O) groups is 1. The van der Waals surface area contributed by atoms with Crippen molar-refractivity contribution in [1.29, 1.82) is 0 Å². The lowest BCUT2D eigenvalue weighted by molar-refractivity contribution is -0.683. The first-order chi connectivity index (χ1) is 14.3. The van der Waals surface area contributed by atoms with E-state index in [1.54, 1.807) is 0 Å². The van der Waals surface area contributed by atoms with Crippen LogP contribution in [-0.4, -0.2) is 16.0 Å². The second kappa shape index (κ2) is 9.42. The molecule has 1 atom stereocenters. The minimum Gasteiger partial charge on any atom is -0.504 e. The van der Waals surface area contributed by atoms with Crippen LogP contribution in [0.25, 0.3) is 0 Å². The number of carbonyl (C=O) groups excluding carboxylic acids is 1. The zero-order chi connectivity index (χ0) is 23.6. The van der Waals surface area contributed by atoms with E-state index in [2.05, 4.69) is 67.5 Å². The molecule has 170 valence electrons. The highest BCUT2D eigenvalue weighted by Gasteiger charge is 2.38. The Morgan fingerprint density at radius 2 is 1.48 bits per heavy atom. The van der Waals surface area contributed by atoms with Crippen molar-refractivity contribution < 1.29 is 19.6 Å². The van der Waals surface area contributed by atoms with E-state index in [-0.39, 0.29) is 34.7 Å². The topological polar surface area (TPSA) is 61.4 Å². The largest absolute Gasteiger partial charge is 0.504 e. The Balaban J connectivity index is 2.27. The summed E-state index contributed by atoms with van der Waals surface area (Å²) in [6.07, 6.45) is 5.05. The summed E-state index contributed by atoms with van der Waals surface area (Å²) >= 11 is 0. The summed E-state index contributed by atoms with van der Waals surface area (Å²) in [6.45, 7) is 18.8. The molecule has 0 saturated carbocycles. The van der Waals surface area contributed by atoms with Crippen LogP contribution in [0.1, 0.15) is 83.7 Å². The van der Waals surface area contributed by atoms with Crippen molar-refractivity contribution in [2.75, 3.05) is 0 Å². The molecule has 0 amide bonds. The van der Waals surface area contributed by atoms with Gasteiger partial charge in [-0.15, -0.1) is 0 Å². The molecule has 2 rings (SSSR count). The molecule has 0 saturated heterocycles. The second-order valence-electron chi connectivity index (χ2n) is 10.8. The number of pyridine rings is 1. The van der Waals surface area contributed by atoms with Crippen LogP contribution < -0.4 is 4.57 Å². The number of aromatic nitrogens is 1. The van der Waals surface area contributed by atoms with Crippen molar-refractivity contribution in [3.8, 4) is 11.5 Å². The fourth-order valence-corrected chi connectivity index (χ4v) is 3.74. The standard InChI is InChI=1S/C27H39NO3/c1-18(2)26(5,6)16-22(27(7,8)19(3)4)20-11-13-28(14-12-20)17-25(31)21-9-10-23(29)24(30)15-21/h9-15,18-19,22H,16-17H2,1-8H3,(H-,29,30,31)/p+1. The highest BCUT2D eigenvalue weighted by atomic mass is 16.3. The molecule has 0 spiro atoms. The molecular weight excluding hydrogens is 386 g/mol. The van der Waals surface area contributed by atoms with Crippen molar-refractivity contribution in [3.63, 3.8) is 0 Å². The molecular formula is C27H40NO3+. The number of rotatable bonds is 9. The van der Waals surface area contributed by atoms with E-state index in [1.807, 2.05) is 17.0 Å². The van der Waals surface area contributed by atoms with E-state index < -0.39 is 0 Å². The van der Waals surface area contributed by atoms with E-state index in [0.717, 1.165) is 6.42 Å². The molecule has 0 aliphatic heterocycles. The van der Waals surface area contributed by atoms with Crippen LogP contribution in [0, 0.1) is 22.7 Å². The predicted octanol–water partition coefficient (Wildman–Crippen LogP) is 6.11. The fraction of sp³-hybridized carbons (Fsp3) is 0.556. The number of hydrogen-bond donors (Lipinski definition) is 2. The van der Waals surface area contributed by atoms with Crippen LogP contribution in [0.5, 0.6) is 11.5 Å². The van der Waals surface area contributed by atoms with Gasteiger partial charge in [-0.25, -0.2) is 0 Å². The lowest BCUT2D eigenvalue weighted by Gasteiger charge is -2.43. The quantitative estimate of drug-likeness (QED) is 0.289. The Morgan fingerprint density at radius 1 is 0.903 bits per heavy atom. The summed E-state index contributed by atoms with van der Waals surface area (Å²) in [4.78, 5) is 12.6. The van der Waals surface area contributed by atoms with Gasteiger partial charge in [-0.1, -0.05) is 55.4 Å². The number of ketones is 1. The molecule has 0 bridgehead atoms. The minimum absolute atomic E-state index is 0.118. The summed E-state index contributed by atoms with van der Waals surface area (Å²) in [5.41, 5.74) is 2.04. The summed E-state index contributed by atoms with van der Waals surface area (Å²) in [5.74, 6) is 0.911. The number of benzene rings is 1. The highest BCUT2D eigenvalue weighted by Crippen LogP contribution is 2.49. The zero-order valence-corrected chi connectivity index (χ0v) is 20.4. The number of phenols is 2. The van der Waals surface area contributed by atoms with Gasteiger partial charge in [0.25, 0.3) is 0 Å². The monoisotopic (exact) mass is 426 g/mol. The molecule has 4 heteroatoms. The zero-order valence-electron chi connectivity index (χ0n) is 20.4. The smallest absolute Gasteiger partial charge is 0.227 e. The van der Waals surface area contributed by atoms with E-state index >= 15 is 0 Å². The SMILES string of the molecule is CC(C)C(C)(C)CC(c1cc[n+](CC(=O)c2ccc(O)c(O)c2)cc1)C(C)(C)C(C)C. The Bertz CT molecular complexity index is 895. The molecule has 1 heterocycles. The lowest BCUT2D eigenvalue weighted by atomic mass is 9.61. The van der Waals surface area contributed by atoms with Gasteiger partial charge >= 0.3 is 0 Å². The van der Waals surface area contributed by atoms with Gasteiger partial charge in [0.05, 0.1) is 0 Å². The van der Waals surface area contributed by atoms with Gasteiger partial charge in [-0.2, -0.15) is 4.57 Å². The first-order valence-electron chi connectivity index (χ1n) is 11.3. The van der Waals surface area contributed by atoms with Crippen LogP contribution >= 0.6 is 0 Å². The van der Waals surface area contributed by atoms with Gasteiger partial charge in [0.2, 0.25) is 12.3 Å². The molecule has 0 fully saturated rings. The first kappa shape index (κ1) is 24.9. The van der Waals surface area contributed by atoms with E-state index in [9.17, 15) is 15.0 Å². The van der Waals surface area contributed by atoms with E-state index in [4.69, 9.17) is 0 Å². The molecule has 0 aliphatic carbocycles. The van der Waals surface area contributed by atoms with Gasteiger partial charge in [0.1, 0.15) is 0 Å². The summed E-state index contributed by atoms with van der Waals surface area (Å²) < 4.78 is 1.86. The molecule has 4 nitrogen and oxygen atoms in total. The third-order valence-electron chi connectivity index (χ3n) is 7.62. The van der Waals surface area contributed by atoms with Gasteiger partial charge in [-0.05, 0) is 58.8 Å². The molecule has 31 heavy (non-hydrogen) atoms. The van der Waals surface area contributed by atoms with Crippen molar-refractivity contribution in [3.05, 3.63) is 53.9 Å². The molecule has 1 aromatic carbocycles. The molecule has 0 radical (unpaired) electrons. The molecule has 2 N–H and O–H groups in total. The van der Waals surface area contributed by atoms with Crippen LogP contribution in [0.3, 0.4) is 0 Å². The summed E-state index contributed by atoms with van der Waals surface area (Å²) in [6, 6.07) is 8.47. The number of nitrogens with zero attached hydrogens (tertiary/aromatic N) is 1. The molecule has 0 aliphatic rings. The molecule has 1 unspecified atom stereocenters. The Morgan fingerprint density at radius 3 is 1.97 bits per heavy atom. The summed E-state index contributed by atoms with van der Waals surface area (Å²) in [7, 11) is 0. The maximum absolute atomic E-state index is 12.6. The Hall–Kier alpha value is -2.36. The van der Waals surface area contributed by atoms with Crippen LogP contribution in [0.4, 0.5) is 0 Å². The van der Waals surface area contributed by atoms with Crippen molar-refractivity contribution >= 4 is 5.78 Å². The Kier molecular flexibility index (Phi) is 7.57. The minimum atomic E-state index is -0.280. The van der Waals surface area contributed by atoms with E-state index in [1.165, 1.54) is 23.8 Å². The maximum atomic E-state index is 12.6. The van der Waals surface area contributed by atoms with Crippen molar-refractivity contribution in [1.82, 2.24) is 0 Å². The maximum Gasteiger partial charge on any atom is 0.227 e. The van der Waals surface area contributed by atoms with Crippen LogP contribution in [0.2, 0.25) is 0 Å². The second-order valence-corrected chi connectivity index (χ2v) is 10.8. The van der Waals surface area contributed by atoms with Gasteiger partial charge in [-0.3, -0.25) is 4.79 Å². The average molecular weight is 427 g/mol. The number of phenolic OH excluding ortho intramolecular Hbond substituents is 2. The van der Waals surface area contributed by atoms with Gasteiger partial charge in [0.15, 0.2) is 23.9 Å². The fourth-order valence-electron chi connectivity index (χ4n) is 3.74. The average Bonchev–Trinajstić information content (AvgIpc) is 2.68. The molecule has 1 aromatic heterocycles. The van der Waals surface area contributed by atoms with Crippen molar-refractivity contribution in [2.45, 2.75) is 74.3 Å². The number of Topliss-reactive ketones (excluding diaryl/α,β-unsaturated/α-hetero) is 1. The highest BCUT2D eigenvalue weighted by molar-refractivity contribution is 5.95. The Labute approximate surface area is 188 Å². The molecule has 2 aromatic rings. The van der Waals surface area contributed by atoms with Crippen LogP contribution in [0.15, 0.2) is 42.7 Å². The summed E-state index contributed by atoms with van der Waals surface area (Å²) in [5, 5.41) is 19.1. The predicted molar refractivity (Wildman–Crippen MR) is 125 cm³/mol. The normalized spacial score (nSPS) is 13.6. The lowest BCUT2D eigenvalue weighted by Crippen LogP contribution is -2.38.